The summed E-state index contributed by atoms with van der Waals surface area (Å²) in [4.78, 5) is 23.8. The van der Waals surface area contributed by atoms with Gasteiger partial charge in [0.2, 0.25) is 5.91 Å². The molecule has 1 rings (SSSR count). The standard InChI is InChI=1S/C16H29NO3/c1-4-13(5-2)12(3)14(18)17-11-16(15(19)20)9-7-6-8-10-16/h12-13H,4-11H2,1-3H3,(H,17,18)(H,19,20). The van der Waals surface area contributed by atoms with E-state index in [4.69, 9.17) is 0 Å². The van der Waals surface area contributed by atoms with Crippen molar-refractivity contribution in [2.24, 2.45) is 17.3 Å². The summed E-state index contributed by atoms with van der Waals surface area (Å²) < 4.78 is 0. The summed E-state index contributed by atoms with van der Waals surface area (Å²) >= 11 is 0. The average Bonchev–Trinajstić information content (AvgIpc) is 2.46. The Morgan fingerprint density at radius 1 is 1.15 bits per heavy atom. The van der Waals surface area contributed by atoms with E-state index in [0.717, 1.165) is 32.1 Å². The van der Waals surface area contributed by atoms with Crippen LogP contribution in [-0.4, -0.2) is 23.5 Å². The minimum atomic E-state index is -0.757. The van der Waals surface area contributed by atoms with Crippen LogP contribution in [0.3, 0.4) is 0 Å². The molecular formula is C16H29NO3. The molecule has 0 heterocycles. The summed E-state index contributed by atoms with van der Waals surface area (Å²) in [6.45, 7) is 6.42. The van der Waals surface area contributed by atoms with Crippen molar-refractivity contribution < 1.29 is 14.7 Å². The van der Waals surface area contributed by atoms with E-state index in [1.165, 1.54) is 0 Å². The molecule has 1 saturated carbocycles. The first-order chi connectivity index (χ1) is 9.46. The number of amides is 1. The lowest BCUT2D eigenvalue weighted by Gasteiger charge is -2.34. The average molecular weight is 283 g/mol. The Balaban J connectivity index is 2.59. The third-order valence-electron chi connectivity index (χ3n) is 5.03. The molecule has 4 heteroatoms. The second kappa shape index (κ2) is 7.65. The van der Waals surface area contributed by atoms with E-state index in [1.54, 1.807) is 0 Å². The Bertz CT molecular complexity index is 331. The van der Waals surface area contributed by atoms with E-state index in [0.29, 0.717) is 18.8 Å². The second-order valence-electron chi connectivity index (χ2n) is 6.23. The summed E-state index contributed by atoms with van der Waals surface area (Å²) in [6, 6.07) is 0. The molecule has 1 aliphatic rings. The molecule has 0 aromatic rings. The predicted octanol–water partition coefficient (Wildman–Crippen LogP) is 3.21. The molecule has 0 aliphatic heterocycles. The third-order valence-corrected chi connectivity index (χ3v) is 5.03. The number of carbonyl (C=O) groups excluding carboxylic acids is 1. The van der Waals surface area contributed by atoms with Gasteiger partial charge in [0.25, 0.3) is 0 Å². The summed E-state index contributed by atoms with van der Waals surface area (Å²) in [6.07, 6.45) is 6.33. The Hall–Kier alpha value is -1.06. The van der Waals surface area contributed by atoms with Gasteiger partial charge in [-0.15, -0.1) is 0 Å². The number of carboxylic acids is 1. The van der Waals surface area contributed by atoms with Crippen molar-refractivity contribution in [3.05, 3.63) is 0 Å². The number of aliphatic carboxylic acids is 1. The lowest BCUT2D eigenvalue weighted by Crippen LogP contribution is -2.46. The summed E-state index contributed by atoms with van der Waals surface area (Å²) in [5, 5.41) is 12.4. The zero-order valence-corrected chi connectivity index (χ0v) is 13.1. The van der Waals surface area contributed by atoms with Crippen LogP contribution in [0, 0.1) is 17.3 Å². The van der Waals surface area contributed by atoms with Gasteiger partial charge in [-0.05, 0) is 18.8 Å². The zero-order chi connectivity index (χ0) is 15.2. The molecule has 1 atom stereocenters. The highest BCUT2D eigenvalue weighted by atomic mass is 16.4. The van der Waals surface area contributed by atoms with Gasteiger partial charge in [-0.25, -0.2) is 0 Å². The molecule has 0 spiro atoms. The fourth-order valence-electron chi connectivity index (χ4n) is 3.32. The van der Waals surface area contributed by atoms with E-state index in [9.17, 15) is 14.7 Å². The quantitative estimate of drug-likeness (QED) is 0.754. The highest BCUT2D eigenvalue weighted by Crippen LogP contribution is 2.36. The van der Waals surface area contributed by atoms with Gasteiger partial charge in [-0.2, -0.15) is 0 Å². The van der Waals surface area contributed by atoms with Gasteiger partial charge in [0.1, 0.15) is 0 Å². The maximum absolute atomic E-state index is 12.2. The van der Waals surface area contributed by atoms with Crippen molar-refractivity contribution in [3.63, 3.8) is 0 Å². The lowest BCUT2D eigenvalue weighted by molar-refractivity contribution is -0.151. The number of hydrogen-bond acceptors (Lipinski definition) is 2. The molecule has 116 valence electrons. The predicted molar refractivity (Wildman–Crippen MR) is 79.4 cm³/mol. The lowest BCUT2D eigenvalue weighted by atomic mass is 9.74. The highest BCUT2D eigenvalue weighted by molar-refractivity contribution is 5.80. The SMILES string of the molecule is CCC(CC)C(C)C(=O)NCC1(C(=O)O)CCCCC1. The van der Waals surface area contributed by atoms with Crippen LogP contribution in [0.5, 0.6) is 0 Å². The molecule has 1 unspecified atom stereocenters. The van der Waals surface area contributed by atoms with Crippen LogP contribution in [0.25, 0.3) is 0 Å². The summed E-state index contributed by atoms with van der Waals surface area (Å²) in [7, 11) is 0. The van der Waals surface area contributed by atoms with Crippen molar-refractivity contribution in [2.75, 3.05) is 6.54 Å². The van der Waals surface area contributed by atoms with Crippen LogP contribution in [0.4, 0.5) is 0 Å². The summed E-state index contributed by atoms with van der Waals surface area (Å²) in [5.74, 6) is -0.417. The highest BCUT2D eigenvalue weighted by Gasteiger charge is 2.40. The second-order valence-corrected chi connectivity index (χ2v) is 6.23. The van der Waals surface area contributed by atoms with Crippen molar-refractivity contribution >= 4 is 11.9 Å². The largest absolute Gasteiger partial charge is 0.481 e. The van der Waals surface area contributed by atoms with E-state index < -0.39 is 11.4 Å². The van der Waals surface area contributed by atoms with E-state index in [1.807, 2.05) is 6.92 Å². The Kier molecular flexibility index (Phi) is 6.50. The van der Waals surface area contributed by atoms with Crippen LogP contribution >= 0.6 is 0 Å². The van der Waals surface area contributed by atoms with Gasteiger partial charge in [-0.1, -0.05) is 52.9 Å². The number of carbonyl (C=O) groups is 2. The van der Waals surface area contributed by atoms with E-state index in [2.05, 4.69) is 19.2 Å². The molecule has 4 nitrogen and oxygen atoms in total. The molecule has 1 aliphatic carbocycles. The molecular weight excluding hydrogens is 254 g/mol. The van der Waals surface area contributed by atoms with Crippen molar-refractivity contribution in [1.29, 1.82) is 0 Å². The van der Waals surface area contributed by atoms with Crippen molar-refractivity contribution in [1.82, 2.24) is 5.32 Å². The van der Waals surface area contributed by atoms with Crippen LogP contribution in [0.15, 0.2) is 0 Å². The van der Waals surface area contributed by atoms with Crippen molar-refractivity contribution in [3.8, 4) is 0 Å². The van der Waals surface area contributed by atoms with Gasteiger partial charge in [0.05, 0.1) is 5.41 Å². The number of carboxylic acid groups (broad SMARTS) is 1. The van der Waals surface area contributed by atoms with Crippen molar-refractivity contribution in [2.45, 2.75) is 65.7 Å². The fourth-order valence-corrected chi connectivity index (χ4v) is 3.32. The van der Waals surface area contributed by atoms with Crippen LogP contribution in [0.1, 0.15) is 65.7 Å². The van der Waals surface area contributed by atoms with Gasteiger partial charge >= 0.3 is 5.97 Å². The number of nitrogens with one attached hydrogen (secondary N) is 1. The van der Waals surface area contributed by atoms with Crippen LogP contribution in [-0.2, 0) is 9.59 Å². The van der Waals surface area contributed by atoms with E-state index >= 15 is 0 Å². The molecule has 0 bridgehead atoms. The fraction of sp³-hybridized carbons (Fsp3) is 0.875. The maximum Gasteiger partial charge on any atom is 0.311 e. The molecule has 2 N–H and O–H groups in total. The topological polar surface area (TPSA) is 66.4 Å². The number of hydrogen-bond donors (Lipinski definition) is 2. The molecule has 0 aromatic carbocycles. The Labute approximate surface area is 122 Å². The monoisotopic (exact) mass is 283 g/mol. The first kappa shape index (κ1) is 17.0. The Morgan fingerprint density at radius 2 is 1.70 bits per heavy atom. The van der Waals surface area contributed by atoms with Crippen LogP contribution in [0.2, 0.25) is 0 Å². The van der Waals surface area contributed by atoms with E-state index in [-0.39, 0.29) is 18.4 Å². The third kappa shape index (κ3) is 3.97. The van der Waals surface area contributed by atoms with Gasteiger partial charge in [0.15, 0.2) is 0 Å². The smallest absolute Gasteiger partial charge is 0.311 e. The van der Waals surface area contributed by atoms with Crippen LogP contribution < -0.4 is 5.32 Å². The molecule has 1 fully saturated rings. The molecule has 0 radical (unpaired) electrons. The maximum atomic E-state index is 12.2. The molecule has 0 aromatic heterocycles. The normalized spacial score (nSPS) is 19.6. The van der Waals surface area contributed by atoms with Gasteiger partial charge < -0.3 is 10.4 Å². The molecule has 1 amide bonds. The first-order valence-corrected chi connectivity index (χ1v) is 7.98. The minimum Gasteiger partial charge on any atom is -0.481 e. The first-order valence-electron chi connectivity index (χ1n) is 7.98. The summed E-state index contributed by atoms with van der Waals surface area (Å²) in [5.41, 5.74) is -0.735. The van der Waals surface area contributed by atoms with Gasteiger partial charge in [-0.3, -0.25) is 9.59 Å². The van der Waals surface area contributed by atoms with Gasteiger partial charge in [0, 0.05) is 12.5 Å². The Morgan fingerprint density at radius 3 is 2.15 bits per heavy atom. The number of rotatable bonds is 7. The zero-order valence-electron chi connectivity index (χ0n) is 13.1. The molecule has 0 saturated heterocycles. The minimum absolute atomic E-state index is 0.00454. The molecule has 20 heavy (non-hydrogen) atoms.